The van der Waals surface area contributed by atoms with Crippen LogP contribution in [0.15, 0.2) is 48.5 Å². The van der Waals surface area contributed by atoms with Crippen LogP contribution in [-0.4, -0.2) is 57.9 Å². The van der Waals surface area contributed by atoms with E-state index in [1.165, 1.54) is 6.42 Å². The zero-order valence-electron chi connectivity index (χ0n) is 21.9. The molecule has 1 saturated carbocycles. The van der Waals surface area contributed by atoms with Gasteiger partial charge in [-0.05, 0) is 80.4 Å². The summed E-state index contributed by atoms with van der Waals surface area (Å²) in [5.41, 5.74) is 3.92. The van der Waals surface area contributed by atoms with Crippen LogP contribution in [0.4, 0.5) is 0 Å². The van der Waals surface area contributed by atoms with Gasteiger partial charge in [0.05, 0.1) is 10.9 Å². The number of allylic oxidation sites excluding steroid dienone is 1. The van der Waals surface area contributed by atoms with E-state index in [1.807, 2.05) is 10.7 Å². The van der Waals surface area contributed by atoms with Gasteiger partial charge < -0.3 is 4.74 Å². The largest absolute Gasteiger partial charge is 0.460 e. The Kier molecular flexibility index (Phi) is 7.11. The minimum absolute atomic E-state index is 0.00660. The summed E-state index contributed by atoms with van der Waals surface area (Å²) >= 11 is 0. The highest BCUT2D eigenvalue weighted by Crippen LogP contribution is 2.42. The number of rotatable bonds is 8. The number of nitrogens with zero attached hydrogens (tertiary/aromatic N) is 4. The van der Waals surface area contributed by atoms with Crippen LogP contribution in [0.5, 0.6) is 0 Å². The van der Waals surface area contributed by atoms with Gasteiger partial charge in [0.1, 0.15) is 17.9 Å². The minimum atomic E-state index is -0.534. The van der Waals surface area contributed by atoms with Crippen molar-refractivity contribution in [3.63, 3.8) is 0 Å². The van der Waals surface area contributed by atoms with Crippen LogP contribution in [0.25, 0.3) is 17.1 Å². The summed E-state index contributed by atoms with van der Waals surface area (Å²) in [5.74, 6) is 0.515. The molecule has 38 heavy (non-hydrogen) atoms. The summed E-state index contributed by atoms with van der Waals surface area (Å²) in [6, 6.07) is 13.9. The third-order valence-electron chi connectivity index (χ3n) is 8.88. The number of hydrogen-bond acceptors (Lipinski definition) is 6. The van der Waals surface area contributed by atoms with Gasteiger partial charge in [0, 0.05) is 18.7 Å². The predicted molar refractivity (Wildman–Crippen MR) is 147 cm³/mol. The summed E-state index contributed by atoms with van der Waals surface area (Å²) in [5, 5.41) is 8.43. The van der Waals surface area contributed by atoms with E-state index in [1.54, 1.807) is 12.1 Å². The first kappa shape index (κ1) is 25.0. The van der Waals surface area contributed by atoms with Gasteiger partial charge in [0.25, 0.3) is 0 Å². The zero-order chi connectivity index (χ0) is 26.0. The van der Waals surface area contributed by atoms with E-state index in [9.17, 15) is 9.59 Å². The van der Waals surface area contributed by atoms with E-state index in [0.29, 0.717) is 18.0 Å². The Balaban J connectivity index is 1.15. The van der Waals surface area contributed by atoms with Gasteiger partial charge in [0.15, 0.2) is 0 Å². The summed E-state index contributed by atoms with van der Waals surface area (Å²) in [6.45, 7) is 3.89. The Hall–Kier alpha value is -3.32. The molecule has 7 heteroatoms. The molecule has 2 bridgehead atoms. The fourth-order valence-electron chi connectivity index (χ4n) is 6.64. The molecule has 7 nitrogen and oxygen atoms in total. The van der Waals surface area contributed by atoms with Crippen LogP contribution in [0.1, 0.15) is 72.9 Å². The Bertz CT molecular complexity index is 1330. The molecule has 4 fully saturated rings. The van der Waals surface area contributed by atoms with Crippen molar-refractivity contribution in [1.82, 2.24) is 19.9 Å². The van der Waals surface area contributed by atoms with Crippen LogP contribution >= 0.6 is 0 Å². The molecule has 1 aromatic heterocycles. The molecular weight excluding hydrogens is 476 g/mol. The molecule has 3 saturated heterocycles. The van der Waals surface area contributed by atoms with Crippen molar-refractivity contribution in [1.29, 1.82) is 0 Å². The fourth-order valence-corrected chi connectivity index (χ4v) is 6.64. The molecule has 4 aliphatic rings. The van der Waals surface area contributed by atoms with E-state index in [-0.39, 0.29) is 12.1 Å². The third-order valence-corrected chi connectivity index (χ3v) is 8.88. The molecule has 1 unspecified atom stereocenters. The molecule has 2 aromatic carbocycles. The molecule has 7 rings (SSSR count). The average molecular weight is 513 g/mol. The predicted octanol–water partition coefficient (Wildman–Crippen LogP) is 5.19. The van der Waals surface area contributed by atoms with E-state index in [4.69, 9.17) is 4.74 Å². The number of aryl methyl sites for hydroxylation is 1. The number of ether oxygens (including phenoxy) is 1. The molecular formula is C31H36N4O3. The summed E-state index contributed by atoms with van der Waals surface area (Å²) in [4.78, 5) is 27.3. The highest BCUT2D eigenvalue weighted by molar-refractivity contribution is 5.85. The second kappa shape index (κ2) is 10.8. The smallest absolute Gasteiger partial charge is 0.316 e. The van der Waals surface area contributed by atoms with Gasteiger partial charge in [-0.25, -0.2) is 4.68 Å². The van der Waals surface area contributed by atoms with E-state index < -0.39 is 5.41 Å². The van der Waals surface area contributed by atoms with Crippen molar-refractivity contribution in [2.45, 2.75) is 69.4 Å². The molecule has 0 radical (unpaired) electrons. The van der Waals surface area contributed by atoms with Gasteiger partial charge in [-0.3, -0.25) is 14.5 Å². The average Bonchev–Trinajstić information content (AvgIpc) is 3.38. The van der Waals surface area contributed by atoms with Gasteiger partial charge in [0.2, 0.25) is 0 Å². The molecule has 1 atom stereocenters. The molecule has 3 aromatic rings. The summed E-state index contributed by atoms with van der Waals surface area (Å²) in [6.07, 6.45) is 13.3. The first-order chi connectivity index (χ1) is 18.6. The van der Waals surface area contributed by atoms with Crippen LogP contribution in [0, 0.1) is 5.92 Å². The summed E-state index contributed by atoms with van der Waals surface area (Å²) < 4.78 is 8.19. The van der Waals surface area contributed by atoms with E-state index >= 15 is 0 Å². The lowest BCUT2D eigenvalue weighted by Crippen LogP contribution is -2.53. The van der Waals surface area contributed by atoms with Crippen molar-refractivity contribution in [2.75, 3.05) is 19.6 Å². The van der Waals surface area contributed by atoms with Crippen molar-refractivity contribution in [3.05, 3.63) is 65.2 Å². The highest BCUT2D eigenvalue weighted by atomic mass is 16.5. The number of piperidine rings is 3. The second-order valence-corrected chi connectivity index (χ2v) is 11.2. The minimum Gasteiger partial charge on any atom is -0.460 e. The highest BCUT2D eigenvalue weighted by Gasteiger charge is 2.45. The van der Waals surface area contributed by atoms with Crippen molar-refractivity contribution in [2.24, 2.45) is 5.92 Å². The standard InChI is InChI=1S/C31H36N4O3/c36-22-24-10-11-28-27(20-24)32-33-35(28)16-5-2-7-23-8-6-9-26(19-23)31(14-3-1-4-15-31)30(37)38-29-21-34-17-12-25(29)13-18-34/h2,6-11,19-20,22,25,29H,1,3-5,12-18,21H2/b7-2+. The normalized spacial score (nSPS) is 24.6. The maximum Gasteiger partial charge on any atom is 0.316 e. The molecule has 0 N–H and O–H groups in total. The Labute approximate surface area is 223 Å². The number of fused-ring (bicyclic) bond motifs is 4. The number of esters is 1. The molecule has 3 aliphatic heterocycles. The number of hydrogen-bond donors (Lipinski definition) is 0. The van der Waals surface area contributed by atoms with E-state index in [2.05, 4.69) is 51.6 Å². The lowest BCUT2D eigenvalue weighted by Gasteiger charge is -2.45. The maximum absolute atomic E-state index is 13.8. The van der Waals surface area contributed by atoms with Gasteiger partial charge in [-0.15, -0.1) is 5.10 Å². The topological polar surface area (TPSA) is 77.3 Å². The number of aromatic nitrogens is 3. The van der Waals surface area contributed by atoms with Crippen molar-refractivity contribution < 1.29 is 14.3 Å². The SMILES string of the molecule is O=Cc1ccc2c(c1)nnn2CC/C=C/c1cccc(C2(C(=O)OC3CN4CCC3CC4)CCCCC2)c1. The molecule has 0 amide bonds. The maximum atomic E-state index is 13.8. The Morgan fingerprint density at radius 3 is 2.66 bits per heavy atom. The van der Waals surface area contributed by atoms with Crippen LogP contribution in [0.3, 0.4) is 0 Å². The molecule has 4 heterocycles. The molecule has 0 spiro atoms. The molecule has 198 valence electrons. The van der Waals surface area contributed by atoms with Gasteiger partial charge in [-0.1, -0.05) is 60.9 Å². The number of carbonyl (C=O) groups excluding carboxylic acids is 2. The molecule has 1 aliphatic carbocycles. The van der Waals surface area contributed by atoms with E-state index in [0.717, 1.165) is 93.0 Å². The van der Waals surface area contributed by atoms with Gasteiger partial charge >= 0.3 is 5.97 Å². The fraction of sp³-hybridized carbons (Fsp3) is 0.484. The summed E-state index contributed by atoms with van der Waals surface area (Å²) in [7, 11) is 0. The number of benzene rings is 2. The van der Waals surface area contributed by atoms with Crippen LogP contribution in [-0.2, 0) is 21.5 Å². The number of carbonyl (C=O) groups is 2. The van der Waals surface area contributed by atoms with Crippen LogP contribution in [0.2, 0.25) is 0 Å². The zero-order valence-corrected chi connectivity index (χ0v) is 21.9. The van der Waals surface area contributed by atoms with Crippen LogP contribution < -0.4 is 0 Å². The Morgan fingerprint density at radius 2 is 1.89 bits per heavy atom. The quantitative estimate of drug-likeness (QED) is 0.306. The first-order valence-electron chi connectivity index (χ1n) is 14.1. The van der Waals surface area contributed by atoms with Gasteiger partial charge in [-0.2, -0.15) is 0 Å². The van der Waals surface area contributed by atoms with Crippen molar-refractivity contribution in [3.8, 4) is 0 Å². The lowest BCUT2D eigenvalue weighted by molar-refractivity contribution is -0.167. The Morgan fingerprint density at radius 1 is 1.05 bits per heavy atom. The first-order valence-corrected chi connectivity index (χ1v) is 14.1. The lowest BCUT2D eigenvalue weighted by atomic mass is 9.69. The monoisotopic (exact) mass is 512 g/mol. The third kappa shape index (κ3) is 4.92. The van der Waals surface area contributed by atoms with Crippen molar-refractivity contribution >= 4 is 29.4 Å². The second-order valence-electron chi connectivity index (χ2n) is 11.2. The number of aldehydes is 1.